The molecular weight excluding hydrogens is 224 g/mol. The highest BCUT2D eigenvalue weighted by Crippen LogP contribution is 2.30. The normalized spacial score (nSPS) is 14.1. The number of nitro benzene ring substituents is 1. The summed E-state index contributed by atoms with van der Waals surface area (Å²) in [6.45, 7) is 0.581. The Morgan fingerprint density at radius 3 is 2.94 bits per heavy atom. The Labute approximate surface area is 97.9 Å². The molecule has 2 rings (SSSR count). The highest BCUT2D eigenvalue weighted by molar-refractivity contribution is 5.89. The van der Waals surface area contributed by atoms with Gasteiger partial charge in [0.25, 0.3) is 5.69 Å². The van der Waals surface area contributed by atoms with Gasteiger partial charge in [-0.1, -0.05) is 0 Å². The van der Waals surface area contributed by atoms with E-state index < -0.39 is 11.0 Å². The Morgan fingerprint density at radius 2 is 2.29 bits per heavy atom. The molecule has 6 nitrogen and oxygen atoms in total. The van der Waals surface area contributed by atoms with Gasteiger partial charge < -0.3 is 4.74 Å². The minimum Gasteiger partial charge on any atom is -0.452 e. The van der Waals surface area contributed by atoms with Gasteiger partial charge in [0.15, 0.2) is 0 Å². The molecule has 1 aliphatic rings. The zero-order valence-electron chi connectivity index (χ0n) is 9.38. The van der Waals surface area contributed by atoms with E-state index in [0.717, 1.165) is 18.4 Å². The van der Waals surface area contributed by atoms with Gasteiger partial charge in [-0.25, -0.2) is 4.79 Å². The Bertz CT molecular complexity index is 473. The average Bonchev–Trinajstić information content (AvgIpc) is 2.36. The molecule has 0 saturated carbocycles. The van der Waals surface area contributed by atoms with Crippen LogP contribution in [0.5, 0.6) is 0 Å². The maximum absolute atomic E-state index is 11.5. The highest BCUT2D eigenvalue weighted by Gasteiger charge is 2.24. The van der Waals surface area contributed by atoms with Crippen LogP contribution in [-0.2, 0) is 11.2 Å². The van der Waals surface area contributed by atoms with Crippen LogP contribution < -0.4 is 4.90 Å². The fourth-order valence-corrected chi connectivity index (χ4v) is 2.00. The molecule has 0 atom stereocenters. The van der Waals surface area contributed by atoms with Crippen molar-refractivity contribution in [3.63, 3.8) is 0 Å². The molecule has 0 N–H and O–H groups in total. The summed E-state index contributed by atoms with van der Waals surface area (Å²) >= 11 is 0. The van der Waals surface area contributed by atoms with Crippen molar-refractivity contribution in [2.24, 2.45) is 0 Å². The van der Waals surface area contributed by atoms with Crippen LogP contribution in [0.4, 0.5) is 16.2 Å². The highest BCUT2D eigenvalue weighted by atomic mass is 16.6. The average molecular weight is 236 g/mol. The largest absolute Gasteiger partial charge is 0.452 e. The molecule has 17 heavy (non-hydrogen) atoms. The molecule has 6 heteroatoms. The molecule has 0 aromatic heterocycles. The molecule has 1 heterocycles. The van der Waals surface area contributed by atoms with Crippen molar-refractivity contribution in [3.05, 3.63) is 33.9 Å². The maximum atomic E-state index is 11.5. The SMILES string of the molecule is COC(=O)N1CCCc2cc([N+](=O)[O-])ccc21. The van der Waals surface area contributed by atoms with Crippen LogP contribution in [0.15, 0.2) is 18.2 Å². The molecule has 0 bridgehead atoms. The third kappa shape index (κ3) is 2.06. The number of non-ortho nitro benzene ring substituents is 1. The molecule has 1 aliphatic heterocycles. The minimum atomic E-state index is -0.433. The third-order valence-corrected chi connectivity index (χ3v) is 2.79. The van der Waals surface area contributed by atoms with Crippen LogP contribution in [0.2, 0.25) is 0 Å². The first-order chi connectivity index (χ1) is 8.13. The zero-order chi connectivity index (χ0) is 12.4. The summed E-state index contributed by atoms with van der Waals surface area (Å²) in [6, 6.07) is 4.52. The topological polar surface area (TPSA) is 72.7 Å². The molecule has 0 fully saturated rings. The smallest absolute Gasteiger partial charge is 0.414 e. The molecule has 0 aliphatic carbocycles. The molecule has 0 saturated heterocycles. The number of nitro groups is 1. The lowest BCUT2D eigenvalue weighted by atomic mass is 10.0. The van der Waals surface area contributed by atoms with Crippen molar-refractivity contribution in [1.82, 2.24) is 0 Å². The van der Waals surface area contributed by atoms with Crippen molar-refractivity contribution < 1.29 is 14.5 Å². The second-order valence-corrected chi connectivity index (χ2v) is 3.80. The van der Waals surface area contributed by atoms with Gasteiger partial charge in [0.05, 0.1) is 17.7 Å². The summed E-state index contributed by atoms with van der Waals surface area (Å²) in [5.41, 5.74) is 1.57. The van der Waals surface area contributed by atoms with E-state index in [1.807, 2.05) is 0 Å². The summed E-state index contributed by atoms with van der Waals surface area (Å²) in [5, 5.41) is 10.7. The van der Waals surface area contributed by atoms with Gasteiger partial charge in [-0.3, -0.25) is 15.0 Å². The number of carbonyl (C=O) groups excluding carboxylic acids is 1. The number of anilines is 1. The Hall–Kier alpha value is -2.11. The number of rotatable bonds is 1. The number of aryl methyl sites for hydroxylation is 1. The van der Waals surface area contributed by atoms with Crippen LogP contribution in [0, 0.1) is 10.1 Å². The molecule has 90 valence electrons. The van der Waals surface area contributed by atoms with Crippen molar-refractivity contribution in [2.75, 3.05) is 18.6 Å². The lowest BCUT2D eigenvalue weighted by Gasteiger charge is -2.27. The number of nitrogens with zero attached hydrogens (tertiary/aromatic N) is 2. The Morgan fingerprint density at radius 1 is 1.53 bits per heavy atom. The van der Waals surface area contributed by atoms with Crippen LogP contribution in [0.1, 0.15) is 12.0 Å². The maximum Gasteiger partial charge on any atom is 0.414 e. The standard InChI is InChI=1S/C11H12N2O4/c1-17-11(14)12-6-2-3-8-7-9(13(15)16)4-5-10(8)12/h4-5,7H,2-3,6H2,1H3. The molecule has 1 amide bonds. The fourth-order valence-electron chi connectivity index (χ4n) is 2.00. The quantitative estimate of drug-likeness (QED) is 0.553. The molecule has 1 aromatic rings. The van der Waals surface area contributed by atoms with Crippen LogP contribution in [0.3, 0.4) is 0 Å². The molecular formula is C11H12N2O4. The number of fused-ring (bicyclic) bond motifs is 1. The summed E-state index contributed by atoms with van der Waals surface area (Å²) in [5.74, 6) is 0. The summed E-state index contributed by atoms with van der Waals surface area (Å²) in [7, 11) is 1.32. The van der Waals surface area contributed by atoms with Crippen molar-refractivity contribution >= 4 is 17.5 Å². The van der Waals surface area contributed by atoms with Gasteiger partial charge in [0, 0.05) is 18.7 Å². The van der Waals surface area contributed by atoms with Crippen LogP contribution in [-0.4, -0.2) is 24.7 Å². The first-order valence-electron chi connectivity index (χ1n) is 5.26. The second kappa shape index (κ2) is 4.40. The van der Waals surface area contributed by atoms with Gasteiger partial charge in [-0.05, 0) is 24.5 Å². The predicted molar refractivity (Wildman–Crippen MR) is 61.2 cm³/mol. The lowest BCUT2D eigenvalue weighted by Crippen LogP contribution is -2.35. The molecule has 0 spiro atoms. The van der Waals surface area contributed by atoms with E-state index in [4.69, 9.17) is 0 Å². The van der Waals surface area contributed by atoms with Crippen molar-refractivity contribution in [3.8, 4) is 0 Å². The third-order valence-electron chi connectivity index (χ3n) is 2.79. The Balaban J connectivity index is 2.40. The number of methoxy groups -OCH3 is 1. The fraction of sp³-hybridized carbons (Fsp3) is 0.364. The first kappa shape index (κ1) is 11.4. The van der Waals surface area contributed by atoms with Crippen molar-refractivity contribution in [2.45, 2.75) is 12.8 Å². The van der Waals surface area contributed by atoms with E-state index in [0.29, 0.717) is 12.2 Å². The monoisotopic (exact) mass is 236 g/mol. The number of benzene rings is 1. The molecule has 0 unspecified atom stereocenters. The summed E-state index contributed by atoms with van der Waals surface area (Å²) < 4.78 is 4.68. The molecule has 1 aromatic carbocycles. The minimum absolute atomic E-state index is 0.0514. The second-order valence-electron chi connectivity index (χ2n) is 3.80. The van der Waals surface area contributed by atoms with Crippen LogP contribution >= 0.6 is 0 Å². The number of carbonyl (C=O) groups is 1. The van der Waals surface area contributed by atoms with E-state index in [9.17, 15) is 14.9 Å². The number of hydrogen-bond acceptors (Lipinski definition) is 4. The summed E-state index contributed by atoms with van der Waals surface area (Å²) in [4.78, 5) is 23.2. The molecule has 0 radical (unpaired) electrons. The van der Waals surface area contributed by atoms with Gasteiger partial charge >= 0.3 is 6.09 Å². The number of amides is 1. The van der Waals surface area contributed by atoms with Gasteiger partial charge in [-0.15, -0.1) is 0 Å². The summed E-state index contributed by atoms with van der Waals surface area (Å²) in [6.07, 6.45) is 1.09. The van der Waals surface area contributed by atoms with Gasteiger partial charge in [0.2, 0.25) is 0 Å². The van der Waals surface area contributed by atoms with E-state index in [1.54, 1.807) is 6.07 Å². The van der Waals surface area contributed by atoms with Crippen LogP contribution in [0.25, 0.3) is 0 Å². The zero-order valence-corrected chi connectivity index (χ0v) is 9.38. The van der Waals surface area contributed by atoms with E-state index in [-0.39, 0.29) is 5.69 Å². The Kier molecular flexibility index (Phi) is 2.95. The first-order valence-corrected chi connectivity index (χ1v) is 5.26. The van der Waals surface area contributed by atoms with Gasteiger partial charge in [0.1, 0.15) is 0 Å². The van der Waals surface area contributed by atoms with Gasteiger partial charge in [-0.2, -0.15) is 0 Å². The van der Waals surface area contributed by atoms with E-state index >= 15 is 0 Å². The van der Waals surface area contributed by atoms with E-state index in [2.05, 4.69) is 4.74 Å². The predicted octanol–water partition coefficient (Wildman–Crippen LogP) is 2.11. The van der Waals surface area contributed by atoms with E-state index in [1.165, 1.54) is 24.1 Å². The number of hydrogen-bond donors (Lipinski definition) is 0. The lowest BCUT2D eigenvalue weighted by molar-refractivity contribution is -0.384. The number of ether oxygens (including phenoxy) is 1. The van der Waals surface area contributed by atoms with Crippen molar-refractivity contribution in [1.29, 1.82) is 0 Å².